The standard InChI is InChI=1S/C16H14Br2ClFO/c1-2-8-21-14-7-6-10(9-11(14)17)16(18)15-12(19)4-3-5-13(15)20/h3-7,9,16H,2,8H2,1H3. The summed E-state index contributed by atoms with van der Waals surface area (Å²) in [6, 6.07) is 10.4. The van der Waals surface area contributed by atoms with Gasteiger partial charge < -0.3 is 4.74 Å². The number of benzene rings is 2. The van der Waals surface area contributed by atoms with Crippen LogP contribution >= 0.6 is 43.5 Å². The summed E-state index contributed by atoms with van der Waals surface area (Å²) in [5.41, 5.74) is 1.34. The van der Waals surface area contributed by atoms with Gasteiger partial charge in [-0.3, -0.25) is 0 Å². The van der Waals surface area contributed by atoms with Crippen LogP contribution in [0.5, 0.6) is 5.75 Å². The van der Waals surface area contributed by atoms with Crippen LogP contribution in [0.2, 0.25) is 5.02 Å². The molecule has 0 fully saturated rings. The van der Waals surface area contributed by atoms with Crippen molar-refractivity contribution < 1.29 is 9.13 Å². The fourth-order valence-corrected chi connectivity index (χ4v) is 3.59. The van der Waals surface area contributed by atoms with Crippen molar-refractivity contribution in [3.05, 3.63) is 62.8 Å². The average molecular weight is 437 g/mol. The molecule has 0 amide bonds. The van der Waals surface area contributed by atoms with E-state index < -0.39 is 0 Å². The molecule has 0 N–H and O–H groups in total. The minimum atomic E-state index is -0.327. The van der Waals surface area contributed by atoms with E-state index in [1.165, 1.54) is 6.07 Å². The minimum Gasteiger partial charge on any atom is -0.492 e. The van der Waals surface area contributed by atoms with E-state index in [2.05, 4.69) is 38.8 Å². The fraction of sp³-hybridized carbons (Fsp3) is 0.250. The van der Waals surface area contributed by atoms with E-state index in [-0.39, 0.29) is 10.6 Å². The average Bonchev–Trinajstić information content (AvgIpc) is 2.45. The molecule has 0 heterocycles. The molecule has 2 aromatic carbocycles. The Morgan fingerprint density at radius 3 is 2.67 bits per heavy atom. The lowest BCUT2D eigenvalue weighted by molar-refractivity contribution is 0.315. The van der Waals surface area contributed by atoms with Crippen LogP contribution in [0.25, 0.3) is 0 Å². The molecular weight excluding hydrogens is 422 g/mol. The topological polar surface area (TPSA) is 9.23 Å². The predicted molar refractivity (Wildman–Crippen MR) is 92.1 cm³/mol. The van der Waals surface area contributed by atoms with Gasteiger partial charge in [0.15, 0.2) is 0 Å². The van der Waals surface area contributed by atoms with Gasteiger partial charge in [-0.1, -0.05) is 46.6 Å². The van der Waals surface area contributed by atoms with Crippen LogP contribution in [0.1, 0.15) is 29.3 Å². The highest BCUT2D eigenvalue weighted by Gasteiger charge is 2.19. The Kier molecular flexibility index (Phi) is 6.08. The van der Waals surface area contributed by atoms with E-state index in [4.69, 9.17) is 16.3 Å². The second-order valence-electron chi connectivity index (χ2n) is 4.54. The highest BCUT2D eigenvalue weighted by atomic mass is 79.9. The first-order chi connectivity index (χ1) is 10.0. The summed E-state index contributed by atoms with van der Waals surface area (Å²) >= 11 is 13.1. The number of ether oxygens (including phenoxy) is 1. The van der Waals surface area contributed by atoms with Crippen molar-refractivity contribution in [2.45, 2.75) is 18.2 Å². The lowest BCUT2D eigenvalue weighted by Crippen LogP contribution is -2.00. The van der Waals surface area contributed by atoms with Crippen LogP contribution in [0.3, 0.4) is 0 Å². The Balaban J connectivity index is 2.32. The summed E-state index contributed by atoms with van der Waals surface area (Å²) in [4.78, 5) is -0.317. The molecular formula is C16H14Br2ClFO. The Bertz CT molecular complexity index is 613. The van der Waals surface area contributed by atoms with Gasteiger partial charge in [0.2, 0.25) is 0 Å². The molecule has 1 unspecified atom stereocenters. The van der Waals surface area contributed by atoms with E-state index in [0.717, 1.165) is 22.2 Å². The highest BCUT2D eigenvalue weighted by molar-refractivity contribution is 9.10. The molecule has 5 heteroatoms. The third kappa shape index (κ3) is 3.99. The zero-order valence-electron chi connectivity index (χ0n) is 11.4. The quantitative estimate of drug-likeness (QED) is 0.485. The van der Waals surface area contributed by atoms with Crippen molar-refractivity contribution in [2.75, 3.05) is 6.61 Å². The smallest absolute Gasteiger partial charge is 0.133 e. The van der Waals surface area contributed by atoms with Gasteiger partial charge in [-0.25, -0.2) is 4.39 Å². The molecule has 0 aliphatic carbocycles. The number of halogens is 4. The largest absolute Gasteiger partial charge is 0.492 e. The van der Waals surface area contributed by atoms with Crippen LogP contribution in [-0.4, -0.2) is 6.61 Å². The van der Waals surface area contributed by atoms with Crippen molar-refractivity contribution >= 4 is 43.5 Å². The first-order valence-corrected chi connectivity index (χ1v) is 8.63. The number of rotatable bonds is 5. The van der Waals surface area contributed by atoms with Crippen LogP contribution in [-0.2, 0) is 0 Å². The molecule has 0 aliphatic rings. The van der Waals surface area contributed by atoms with Gasteiger partial charge in [0.25, 0.3) is 0 Å². The van der Waals surface area contributed by atoms with Gasteiger partial charge in [0.1, 0.15) is 11.6 Å². The SMILES string of the molecule is CCCOc1ccc(C(Br)c2c(F)cccc2Cl)cc1Br. The first-order valence-electron chi connectivity index (χ1n) is 6.54. The molecule has 21 heavy (non-hydrogen) atoms. The normalized spacial score (nSPS) is 12.2. The molecule has 0 radical (unpaired) electrons. The molecule has 0 aliphatic heterocycles. The third-order valence-corrected chi connectivity index (χ3v) is 4.90. The zero-order valence-corrected chi connectivity index (χ0v) is 15.3. The van der Waals surface area contributed by atoms with E-state index in [0.29, 0.717) is 17.2 Å². The molecule has 0 aromatic heterocycles. The van der Waals surface area contributed by atoms with E-state index in [1.807, 2.05) is 18.2 Å². The van der Waals surface area contributed by atoms with Crippen molar-refractivity contribution in [3.63, 3.8) is 0 Å². The summed E-state index contributed by atoms with van der Waals surface area (Å²) in [5.74, 6) is 0.451. The summed E-state index contributed by atoms with van der Waals surface area (Å²) in [5, 5.41) is 0.402. The van der Waals surface area contributed by atoms with Gasteiger partial charge in [-0.05, 0) is 52.2 Å². The number of alkyl halides is 1. The first kappa shape index (κ1) is 16.8. The summed E-state index contributed by atoms with van der Waals surface area (Å²) in [6.07, 6.45) is 0.945. The van der Waals surface area contributed by atoms with Crippen molar-refractivity contribution in [3.8, 4) is 5.75 Å². The van der Waals surface area contributed by atoms with Crippen molar-refractivity contribution in [2.24, 2.45) is 0 Å². The van der Waals surface area contributed by atoms with Gasteiger partial charge >= 0.3 is 0 Å². The Hall–Kier alpha value is -0.580. The monoisotopic (exact) mass is 434 g/mol. The molecule has 2 rings (SSSR count). The fourth-order valence-electron chi connectivity index (χ4n) is 1.92. The molecule has 1 atom stereocenters. The number of hydrogen-bond acceptors (Lipinski definition) is 1. The van der Waals surface area contributed by atoms with Gasteiger partial charge in [0, 0.05) is 10.6 Å². The van der Waals surface area contributed by atoms with Crippen molar-refractivity contribution in [1.82, 2.24) is 0 Å². The summed E-state index contributed by atoms with van der Waals surface area (Å²) in [6.45, 7) is 2.71. The molecule has 112 valence electrons. The lowest BCUT2D eigenvalue weighted by Gasteiger charge is -2.15. The highest BCUT2D eigenvalue weighted by Crippen LogP contribution is 2.39. The maximum Gasteiger partial charge on any atom is 0.133 e. The molecule has 0 saturated carbocycles. The minimum absolute atomic E-state index is 0.317. The summed E-state index contributed by atoms with van der Waals surface area (Å²) in [7, 11) is 0. The third-order valence-electron chi connectivity index (χ3n) is 2.96. The maximum atomic E-state index is 14.0. The van der Waals surface area contributed by atoms with Gasteiger partial charge in [-0.15, -0.1) is 0 Å². The van der Waals surface area contributed by atoms with Crippen molar-refractivity contribution in [1.29, 1.82) is 0 Å². The van der Waals surface area contributed by atoms with E-state index in [1.54, 1.807) is 12.1 Å². The van der Waals surface area contributed by atoms with Gasteiger partial charge in [-0.2, -0.15) is 0 Å². The molecule has 1 nitrogen and oxygen atoms in total. The Labute approximate surface area is 145 Å². The van der Waals surface area contributed by atoms with Crippen LogP contribution < -0.4 is 4.74 Å². The second kappa shape index (κ2) is 7.61. The molecule has 0 spiro atoms. The number of hydrogen-bond donors (Lipinski definition) is 0. The van der Waals surface area contributed by atoms with Crippen LogP contribution in [0.4, 0.5) is 4.39 Å². The maximum absolute atomic E-state index is 14.0. The second-order valence-corrected chi connectivity index (χ2v) is 6.71. The van der Waals surface area contributed by atoms with E-state index >= 15 is 0 Å². The Morgan fingerprint density at radius 1 is 1.29 bits per heavy atom. The van der Waals surface area contributed by atoms with E-state index in [9.17, 15) is 4.39 Å². The molecule has 0 bridgehead atoms. The molecule has 0 saturated heterocycles. The Morgan fingerprint density at radius 2 is 2.05 bits per heavy atom. The summed E-state index contributed by atoms with van der Waals surface area (Å²) < 4.78 is 20.4. The van der Waals surface area contributed by atoms with Gasteiger partial charge in [0.05, 0.1) is 15.9 Å². The van der Waals surface area contributed by atoms with Crippen LogP contribution in [0.15, 0.2) is 40.9 Å². The predicted octanol–water partition coefficient (Wildman–Crippen LogP) is 6.51. The zero-order chi connectivity index (χ0) is 15.4. The van der Waals surface area contributed by atoms with Crippen LogP contribution in [0, 0.1) is 5.82 Å². The lowest BCUT2D eigenvalue weighted by atomic mass is 10.0. The molecule has 2 aromatic rings.